The van der Waals surface area contributed by atoms with Crippen molar-refractivity contribution in [3.05, 3.63) is 65.2 Å². The summed E-state index contributed by atoms with van der Waals surface area (Å²) in [5, 5.41) is 3.66. The van der Waals surface area contributed by atoms with Gasteiger partial charge in [-0.15, -0.1) is 0 Å². The molecule has 110 valence electrons. The summed E-state index contributed by atoms with van der Waals surface area (Å²) in [7, 11) is 0. The van der Waals surface area contributed by atoms with Crippen molar-refractivity contribution < 1.29 is 0 Å². The lowest BCUT2D eigenvalue weighted by atomic mass is 9.75. The lowest BCUT2D eigenvalue weighted by Gasteiger charge is -2.37. The molecule has 0 aliphatic heterocycles. The quantitative estimate of drug-likeness (QED) is 0.781. The summed E-state index contributed by atoms with van der Waals surface area (Å²) in [6, 6.07) is 18.6. The van der Waals surface area contributed by atoms with Crippen molar-refractivity contribution >= 4 is 5.69 Å². The van der Waals surface area contributed by atoms with Crippen molar-refractivity contribution in [2.24, 2.45) is 0 Å². The summed E-state index contributed by atoms with van der Waals surface area (Å²) in [6.45, 7) is 6.62. The van der Waals surface area contributed by atoms with Gasteiger partial charge in [0, 0.05) is 11.7 Å². The Kier molecular flexibility index (Phi) is 4.01. The summed E-state index contributed by atoms with van der Waals surface area (Å²) >= 11 is 0. The molecule has 21 heavy (non-hydrogen) atoms. The highest BCUT2D eigenvalue weighted by Gasteiger charge is 2.29. The first-order valence-electron chi connectivity index (χ1n) is 8.05. The second-order valence-corrected chi connectivity index (χ2v) is 6.70. The van der Waals surface area contributed by atoms with Crippen LogP contribution in [0.25, 0.3) is 0 Å². The third kappa shape index (κ3) is 3.29. The number of benzene rings is 2. The van der Waals surface area contributed by atoms with Crippen LogP contribution in [-0.2, 0) is 0 Å². The zero-order valence-corrected chi connectivity index (χ0v) is 13.3. The van der Waals surface area contributed by atoms with Crippen LogP contribution in [0, 0.1) is 6.92 Å². The van der Waals surface area contributed by atoms with Crippen molar-refractivity contribution in [1.29, 1.82) is 0 Å². The van der Waals surface area contributed by atoms with Crippen molar-refractivity contribution in [3.8, 4) is 0 Å². The van der Waals surface area contributed by atoms with Gasteiger partial charge in [0.05, 0.1) is 0 Å². The van der Waals surface area contributed by atoms with Gasteiger partial charge in [0.2, 0.25) is 0 Å². The molecule has 0 saturated heterocycles. The van der Waals surface area contributed by atoms with Crippen LogP contribution in [0.15, 0.2) is 48.5 Å². The van der Waals surface area contributed by atoms with E-state index < -0.39 is 0 Å². The Morgan fingerprint density at radius 2 is 1.52 bits per heavy atom. The summed E-state index contributed by atoms with van der Waals surface area (Å²) < 4.78 is 0. The minimum Gasteiger partial charge on any atom is -0.382 e. The third-order valence-electron chi connectivity index (χ3n) is 4.63. The maximum absolute atomic E-state index is 3.66. The van der Waals surface area contributed by atoms with Crippen LogP contribution in [0.5, 0.6) is 0 Å². The van der Waals surface area contributed by atoms with Crippen LogP contribution >= 0.6 is 0 Å². The molecule has 1 aliphatic rings. The first-order valence-corrected chi connectivity index (χ1v) is 8.05. The molecule has 0 heterocycles. The molecule has 0 atom stereocenters. The highest BCUT2D eigenvalue weighted by molar-refractivity contribution is 5.47. The number of nitrogens with one attached hydrogen (secondary N) is 1. The number of hydrogen-bond acceptors (Lipinski definition) is 1. The zero-order chi connectivity index (χ0) is 14.8. The monoisotopic (exact) mass is 279 g/mol. The first kappa shape index (κ1) is 14.2. The van der Waals surface area contributed by atoms with Gasteiger partial charge < -0.3 is 5.32 Å². The van der Waals surface area contributed by atoms with E-state index in [0.29, 0.717) is 12.0 Å². The summed E-state index contributed by atoms with van der Waals surface area (Å²) in [5.74, 6) is 1.34. The van der Waals surface area contributed by atoms with E-state index in [1.54, 1.807) is 0 Å². The Bertz CT molecular complexity index is 574. The maximum Gasteiger partial charge on any atom is 0.0342 e. The lowest BCUT2D eigenvalue weighted by molar-refractivity contribution is 0.374. The second-order valence-electron chi connectivity index (χ2n) is 6.70. The largest absolute Gasteiger partial charge is 0.382 e. The average Bonchev–Trinajstić information content (AvgIpc) is 2.44. The van der Waals surface area contributed by atoms with Crippen LogP contribution in [0.1, 0.15) is 55.2 Å². The van der Waals surface area contributed by atoms with E-state index >= 15 is 0 Å². The van der Waals surface area contributed by atoms with Crippen molar-refractivity contribution in [3.63, 3.8) is 0 Å². The topological polar surface area (TPSA) is 12.0 Å². The molecule has 2 aromatic rings. The first-order chi connectivity index (χ1) is 10.1. The molecule has 1 nitrogen and oxygen atoms in total. The van der Waals surface area contributed by atoms with Crippen LogP contribution in [0.3, 0.4) is 0 Å². The Balaban J connectivity index is 1.53. The number of hydrogen-bond donors (Lipinski definition) is 1. The molecule has 0 bridgehead atoms. The Labute approximate surface area is 128 Å². The predicted molar refractivity (Wildman–Crippen MR) is 91.1 cm³/mol. The predicted octanol–water partition coefficient (Wildman–Crippen LogP) is 5.48. The van der Waals surface area contributed by atoms with Crippen molar-refractivity contribution in [2.75, 3.05) is 5.32 Å². The Morgan fingerprint density at radius 1 is 0.905 bits per heavy atom. The summed E-state index contributed by atoms with van der Waals surface area (Å²) in [4.78, 5) is 0. The molecule has 2 aromatic carbocycles. The molecule has 1 heteroatoms. The number of rotatable bonds is 4. The van der Waals surface area contributed by atoms with E-state index in [0.717, 1.165) is 5.92 Å². The molecular formula is C20H25N. The van der Waals surface area contributed by atoms with Gasteiger partial charge in [0.1, 0.15) is 0 Å². The Morgan fingerprint density at radius 3 is 2.10 bits per heavy atom. The van der Waals surface area contributed by atoms with Gasteiger partial charge in [-0.1, -0.05) is 55.8 Å². The normalized spacial score (nSPS) is 21.1. The van der Waals surface area contributed by atoms with Gasteiger partial charge in [-0.05, 0) is 54.9 Å². The van der Waals surface area contributed by atoms with Gasteiger partial charge in [-0.25, -0.2) is 0 Å². The SMILES string of the molecule is Cc1ccc(C2CC(Nc3ccc(C(C)C)cc3)C2)cc1. The Hall–Kier alpha value is -1.76. The van der Waals surface area contributed by atoms with Crippen molar-refractivity contribution in [1.82, 2.24) is 0 Å². The molecule has 0 aromatic heterocycles. The van der Waals surface area contributed by atoms with Crippen LogP contribution in [-0.4, -0.2) is 6.04 Å². The van der Waals surface area contributed by atoms with E-state index in [1.165, 1.54) is 35.2 Å². The molecule has 3 rings (SSSR count). The summed E-state index contributed by atoms with van der Waals surface area (Å²) in [6.07, 6.45) is 2.49. The van der Waals surface area contributed by atoms with E-state index in [9.17, 15) is 0 Å². The molecule has 0 radical (unpaired) electrons. The fourth-order valence-corrected chi connectivity index (χ4v) is 3.05. The van der Waals surface area contributed by atoms with Crippen LogP contribution in [0.2, 0.25) is 0 Å². The highest BCUT2D eigenvalue weighted by atomic mass is 14.9. The molecule has 0 unspecified atom stereocenters. The highest BCUT2D eigenvalue weighted by Crippen LogP contribution is 2.38. The van der Waals surface area contributed by atoms with Gasteiger partial charge in [0.25, 0.3) is 0 Å². The van der Waals surface area contributed by atoms with Crippen LogP contribution < -0.4 is 5.32 Å². The minimum atomic E-state index is 0.605. The fraction of sp³-hybridized carbons (Fsp3) is 0.400. The van der Waals surface area contributed by atoms with Gasteiger partial charge >= 0.3 is 0 Å². The van der Waals surface area contributed by atoms with E-state index in [1.807, 2.05) is 0 Å². The van der Waals surface area contributed by atoms with E-state index in [4.69, 9.17) is 0 Å². The minimum absolute atomic E-state index is 0.605. The standard InChI is InChI=1S/C20H25N/c1-14(2)16-8-10-19(11-9-16)21-20-12-18(13-20)17-6-4-15(3)5-7-17/h4-11,14,18,20-21H,12-13H2,1-3H3. The molecule has 1 saturated carbocycles. The van der Waals surface area contributed by atoms with Gasteiger partial charge in [-0.2, -0.15) is 0 Å². The maximum atomic E-state index is 3.66. The molecular weight excluding hydrogens is 254 g/mol. The zero-order valence-electron chi connectivity index (χ0n) is 13.3. The fourth-order valence-electron chi connectivity index (χ4n) is 3.05. The molecule has 1 N–H and O–H groups in total. The number of anilines is 1. The molecule has 0 amide bonds. The summed E-state index contributed by atoms with van der Waals surface area (Å²) in [5.41, 5.74) is 5.50. The smallest absolute Gasteiger partial charge is 0.0342 e. The van der Waals surface area contributed by atoms with Crippen molar-refractivity contribution in [2.45, 2.75) is 51.5 Å². The third-order valence-corrected chi connectivity index (χ3v) is 4.63. The molecule has 0 spiro atoms. The lowest BCUT2D eigenvalue weighted by Crippen LogP contribution is -2.33. The molecule has 1 aliphatic carbocycles. The van der Waals surface area contributed by atoms with Gasteiger partial charge in [-0.3, -0.25) is 0 Å². The van der Waals surface area contributed by atoms with E-state index in [-0.39, 0.29) is 0 Å². The van der Waals surface area contributed by atoms with Crippen LogP contribution in [0.4, 0.5) is 5.69 Å². The van der Waals surface area contributed by atoms with E-state index in [2.05, 4.69) is 74.6 Å². The second kappa shape index (κ2) is 5.93. The number of aryl methyl sites for hydroxylation is 1. The molecule has 1 fully saturated rings. The average molecular weight is 279 g/mol. The van der Waals surface area contributed by atoms with Gasteiger partial charge in [0.15, 0.2) is 0 Å².